The topological polar surface area (TPSA) is 95.9 Å². The van der Waals surface area contributed by atoms with Crippen molar-refractivity contribution in [3.05, 3.63) is 0 Å². The van der Waals surface area contributed by atoms with Crippen LogP contribution in [0.15, 0.2) is 0 Å². The predicted molar refractivity (Wildman–Crippen MR) is 75.0 cm³/mol. The molecular formula is C14H27NO5. The van der Waals surface area contributed by atoms with Gasteiger partial charge in [-0.2, -0.15) is 0 Å². The molecule has 0 aliphatic carbocycles. The van der Waals surface area contributed by atoms with Crippen LogP contribution < -0.4 is 5.32 Å². The van der Waals surface area contributed by atoms with Crippen LogP contribution in [-0.4, -0.2) is 48.0 Å². The zero-order chi connectivity index (χ0) is 15.6. The van der Waals surface area contributed by atoms with E-state index in [0.29, 0.717) is 6.61 Å². The maximum absolute atomic E-state index is 11.6. The largest absolute Gasteiger partial charge is 0.466 e. The molecule has 0 heterocycles. The maximum atomic E-state index is 11.6. The molecular weight excluding hydrogens is 262 g/mol. The van der Waals surface area contributed by atoms with E-state index in [4.69, 9.17) is 9.84 Å². The van der Waals surface area contributed by atoms with E-state index in [2.05, 4.69) is 12.2 Å². The Morgan fingerprint density at radius 2 is 1.95 bits per heavy atom. The van der Waals surface area contributed by atoms with Crippen molar-refractivity contribution >= 4 is 11.9 Å². The van der Waals surface area contributed by atoms with Gasteiger partial charge in [0.05, 0.1) is 19.6 Å². The minimum Gasteiger partial charge on any atom is -0.466 e. The van der Waals surface area contributed by atoms with Crippen LogP contribution in [0.2, 0.25) is 0 Å². The zero-order valence-electron chi connectivity index (χ0n) is 12.6. The number of carbonyl (C=O) groups excluding carboxylic acids is 2. The molecule has 0 aromatic rings. The molecule has 118 valence electrons. The lowest BCUT2D eigenvalue weighted by Crippen LogP contribution is -2.46. The fourth-order valence-electron chi connectivity index (χ4n) is 1.44. The van der Waals surface area contributed by atoms with E-state index in [-0.39, 0.29) is 25.5 Å². The standard InChI is InChI=1S/C14H27NO5/c1-4-5-6-9-20-11(17)7-8-15-13(19)12(18)14(2,3)10-16/h12,16,18H,4-10H2,1-3H3,(H,15,19). The van der Waals surface area contributed by atoms with Crippen molar-refractivity contribution in [3.8, 4) is 0 Å². The van der Waals surface area contributed by atoms with Crippen molar-refractivity contribution in [1.29, 1.82) is 0 Å². The van der Waals surface area contributed by atoms with Crippen molar-refractivity contribution in [2.45, 2.75) is 52.6 Å². The summed E-state index contributed by atoms with van der Waals surface area (Å²) in [6.07, 6.45) is 1.69. The van der Waals surface area contributed by atoms with Crippen LogP contribution in [0, 0.1) is 5.41 Å². The number of hydrogen-bond donors (Lipinski definition) is 3. The molecule has 0 spiro atoms. The van der Waals surface area contributed by atoms with E-state index in [1.807, 2.05) is 0 Å². The van der Waals surface area contributed by atoms with Crippen LogP contribution in [0.4, 0.5) is 0 Å². The van der Waals surface area contributed by atoms with E-state index >= 15 is 0 Å². The van der Waals surface area contributed by atoms with E-state index < -0.39 is 17.4 Å². The molecule has 0 aromatic heterocycles. The monoisotopic (exact) mass is 289 g/mol. The lowest BCUT2D eigenvalue weighted by Gasteiger charge is -2.27. The third-order valence-electron chi connectivity index (χ3n) is 3.04. The van der Waals surface area contributed by atoms with E-state index in [0.717, 1.165) is 19.3 Å². The summed E-state index contributed by atoms with van der Waals surface area (Å²) in [6.45, 7) is 5.45. The first kappa shape index (κ1) is 18.9. The van der Waals surface area contributed by atoms with Crippen LogP contribution in [0.25, 0.3) is 0 Å². The highest BCUT2D eigenvalue weighted by Crippen LogP contribution is 2.19. The number of aliphatic hydroxyl groups is 2. The van der Waals surface area contributed by atoms with Gasteiger partial charge >= 0.3 is 5.97 Å². The first-order chi connectivity index (χ1) is 9.35. The van der Waals surface area contributed by atoms with Gasteiger partial charge in [-0.3, -0.25) is 9.59 Å². The summed E-state index contributed by atoms with van der Waals surface area (Å²) in [4.78, 5) is 22.9. The average molecular weight is 289 g/mol. The highest BCUT2D eigenvalue weighted by atomic mass is 16.5. The summed E-state index contributed by atoms with van der Waals surface area (Å²) < 4.78 is 4.98. The second-order valence-corrected chi connectivity index (χ2v) is 5.52. The molecule has 0 aromatic carbocycles. The highest BCUT2D eigenvalue weighted by Gasteiger charge is 2.32. The average Bonchev–Trinajstić information content (AvgIpc) is 2.42. The molecule has 6 heteroatoms. The third-order valence-corrected chi connectivity index (χ3v) is 3.04. The highest BCUT2D eigenvalue weighted by molar-refractivity contribution is 5.81. The van der Waals surface area contributed by atoms with Crippen LogP contribution in [0.1, 0.15) is 46.5 Å². The third kappa shape index (κ3) is 7.45. The van der Waals surface area contributed by atoms with Gasteiger partial charge in [0, 0.05) is 12.0 Å². The first-order valence-electron chi connectivity index (χ1n) is 7.07. The molecule has 20 heavy (non-hydrogen) atoms. The number of unbranched alkanes of at least 4 members (excludes halogenated alkanes) is 2. The Bertz CT molecular complexity index is 304. The SMILES string of the molecule is CCCCCOC(=O)CCNC(=O)C(O)C(C)(C)CO. The van der Waals surface area contributed by atoms with Gasteiger partial charge in [0.1, 0.15) is 6.10 Å². The van der Waals surface area contributed by atoms with Crippen LogP contribution in [-0.2, 0) is 14.3 Å². The number of esters is 1. The molecule has 0 radical (unpaired) electrons. The normalized spacial score (nSPS) is 12.8. The Morgan fingerprint density at radius 3 is 2.50 bits per heavy atom. The Hall–Kier alpha value is -1.14. The van der Waals surface area contributed by atoms with Crippen molar-refractivity contribution in [3.63, 3.8) is 0 Å². The van der Waals surface area contributed by atoms with Crippen LogP contribution in [0.3, 0.4) is 0 Å². The molecule has 0 aliphatic rings. The predicted octanol–water partition coefficient (Wildman–Crippen LogP) is 0.605. The van der Waals surface area contributed by atoms with Gasteiger partial charge in [0.2, 0.25) is 5.91 Å². The van der Waals surface area contributed by atoms with Gasteiger partial charge < -0.3 is 20.3 Å². The van der Waals surface area contributed by atoms with Crippen molar-refractivity contribution in [2.75, 3.05) is 19.8 Å². The molecule has 1 atom stereocenters. The number of amides is 1. The van der Waals surface area contributed by atoms with Crippen LogP contribution in [0.5, 0.6) is 0 Å². The Labute approximate surface area is 120 Å². The van der Waals surface area contributed by atoms with E-state index in [1.54, 1.807) is 13.8 Å². The summed E-state index contributed by atoms with van der Waals surface area (Å²) >= 11 is 0. The molecule has 1 amide bonds. The van der Waals surface area contributed by atoms with Crippen molar-refractivity contribution in [2.24, 2.45) is 5.41 Å². The number of rotatable bonds is 10. The second-order valence-electron chi connectivity index (χ2n) is 5.52. The molecule has 3 N–H and O–H groups in total. The first-order valence-corrected chi connectivity index (χ1v) is 7.07. The minimum absolute atomic E-state index is 0.0736. The molecule has 0 fully saturated rings. The number of ether oxygens (including phenoxy) is 1. The summed E-state index contributed by atoms with van der Waals surface area (Å²) in [5.74, 6) is -0.958. The van der Waals surface area contributed by atoms with Gasteiger partial charge in [-0.15, -0.1) is 0 Å². The van der Waals surface area contributed by atoms with Gasteiger partial charge in [-0.05, 0) is 6.42 Å². The summed E-state index contributed by atoms with van der Waals surface area (Å²) in [6, 6.07) is 0. The van der Waals surface area contributed by atoms with Crippen molar-refractivity contribution < 1.29 is 24.5 Å². The maximum Gasteiger partial charge on any atom is 0.307 e. The van der Waals surface area contributed by atoms with Gasteiger partial charge in [0.25, 0.3) is 0 Å². The molecule has 6 nitrogen and oxygen atoms in total. The van der Waals surface area contributed by atoms with Gasteiger partial charge in [-0.1, -0.05) is 33.6 Å². The quantitative estimate of drug-likeness (QED) is 0.404. The van der Waals surface area contributed by atoms with Gasteiger partial charge in [0.15, 0.2) is 0 Å². The lowest BCUT2D eigenvalue weighted by molar-refractivity contribution is -0.144. The van der Waals surface area contributed by atoms with E-state index in [1.165, 1.54) is 0 Å². The van der Waals surface area contributed by atoms with Gasteiger partial charge in [-0.25, -0.2) is 0 Å². The lowest BCUT2D eigenvalue weighted by atomic mass is 9.87. The minimum atomic E-state index is -1.31. The zero-order valence-corrected chi connectivity index (χ0v) is 12.6. The number of aliphatic hydroxyl groups excluding tert-OH is 2. The van der Waals surface area contributed by atoms with E-state index in [9.17, 15) is 14.7 Å². The van der Waals surface area contributed by atoms with Crippen molar-refractivity contribution in [1.82, 2.24) is 5.32 Å². The molecule has 0 bridgehead atoms. The molecule has 0 rings (SSSR count). The fraction of sp³-hybridized carbons (Fsp3) is 0.857. The Kier molecular flexibility index (Phi) is 9.16. The van der Waals surface area contributed by atoms with Crippen LogP contribution >= 0.6 is 0 Å². The second kappa shape index (κ2) is 9.72. The Morgan fingerprint density at radius 1 is 1.30 bits per heavy atom. The Balaban J connectivity index is 3.83. The molecule has 1 unspecified atom stereocenters. The number of hydrogen-bond acceptors (Lipinski definition) is 5. The summed E-state index contributed by atoms with van der Waals surface area (Å²) in [5, 5.41) is 21.2. The number of nitrogens with one attached hydrogen (secondary N) is 1. The number of carbonyl (C=O) groups is 2. The molecule has 0 saturated heterocycles. The summed E-state index contributed by atoms with van der Waals surface area (Å²) in [5.41, 5.74) is -0.912. The molecule has 0 saturated carbocycles. The smallest absolute Gasteiger partial charge is 0.307 e. The fourth-order valence-corrected chi connectivity index (χ4v) is 1.44. The molecule has 0 aliphatic heterocycles. The summed E-state index contributed by atoms with van der Waals surface area (Å²) in [7, 11) is 0.